The third-order valence-corrected chi connectivity index (χ3v) is 3.89. The first-order chi connectivity index (χ1) is 10.8. The van der Waals surface area contributed by atoms with Gasteiger partial charge in [0.15, 0.2) is 0 Å². The van der Waals surface area contributed by atoms with Crippen molar-refractivity contribution in [1.29, 1.82) is 0 Å². The van der Waals surface area contributed by atoms with Gasteiger partial charge in [-0.15, -0.1) is 0 Å². The number of nitrogens with one attached hydrogen (secondary N) is 1. The maximum atomic E-state index is 12.5. The molecule has 0 saturated carbocycles. The Morgan fingerprint density at radius 1 is 1.04 bits per heavy atom. The number of furan rings is 1. The van der Waals surface area contributed by atoms with Crippen LogP contribution in [-0.2, 0) is 0 Å². The van der Waals surface area contributed by atoms with Crippen LogP contribution in [0.3, 0.4) is 0 Å². The van der Waals surface area contributed by atoms with Crippen molar-refractivity contribution in [2.24, 2.45) is 0 Å². The van der Waals surface area contributed by atoms with Crippen molar-refractivity contribution in [1.82, 2.24) is 5.32 Å². The van der Waals surface area contributed by atoms with Crippen molar-refractivity contribution in [2.75, 3.05) is 0 Å². The molecular weight excluding hydrogens is 290 g/mol. The van der Waals surface area contributed by atoms with E-state index in [1.165, 1.54) is 0 Å². The highest BCUT2D eigenvalue weighted by Gasteiger charge is 2.20. The average molecular weight is 315 g/mol. The Morgan fingerprint density at radius 2 is 1.65 bits per heavy atom. The zero-order valence-corrected chi connectivity index (χ0v) is 14.7. The van der Waals surface area contributed by atoms with Crippen LogP contribution in [0.15, 0.2) is 28.7 Å². The van der Waals surface area contributed by atoms with Gasteiger partial charge in [0.2, 0.25) is 0 Å². The van der Waals surface area contributed by atoms with Gasteiger partial charge in [-0.3, -0.25) is 4.79 Å². The fourth-order valence-corrected chi connectivity index (χ4v) is 2.59. The van der Waals surface area contributed by atoms with E-state index in [0.29, 0.717) is 11.3 Å². The summed E-state index contributed by atoms with van der Waals surface area (Å²) in [4.78, 5) is 12.5. The molecule has 0 radical (unpaired) electrons. The molecule has 4 heteroatoms. The highest BCUT2D eigenvalue weighted by Crippen LogP contribution is 2.23. The average Bonchev–Trinajstić information content (AvgIpc) is 2.72. The van der Waals surface area contributed by atoms with E-state index >= 15 is 0 Å². The molecule has 4 nitrogen and oxygen atoms in total. The highest BCUT2D eigenvalue weighted by molar-refractivity contribution is 5.97. The van der Waals surface area contributed by atoms with Gasteiger partial charge >= 0.3 is 0 Å². The number of carbonyl (C=O) groups is 1. The topological polar surface area (TPSA) is 51.5 Å². The molecule has 1 unspecified atom stereocenters. The Balaban J connectivity index is 2.09. The van der Waals surface area contributed by atoms with Crippen LogP contribution in [0.2, 0.25) is 0 Å². The van der Waals surface area contributed by atoms with Crippen LogP contribution in [0, 0.1) is 20.8 Å². The lowest BCUT2D eigenvalue weighted by Gasteiger charge is -2.16. The molecule has 0 spiro atoms. The summed E-state index contributed by atoms with van der Waals surface area (Å²) in [7, 11) is 0. The lowest BCUT2D eigenvalue weighted by atomic mass is 10.1. The van der Waals surface area contributed by atoms with Crippen molar-refractivity contribution in [3.63, 3.8) is 0 Å². The molecule has 23 heavy (non-hydrogen) atoms. The molecular formula is C19H25NO3. The monoisotopic (exact) mass is 315 g/mol. The van der Waals surface area contributed by atoms with E-state index in [1.54, 1.807) is 0 Å². The molecule has 1 amide bonds. The summed E-state index contributed by atoms with van der Waals surface area (Å²) in [6.07, 6.45) is 0.147. The molecule has 0 bridgehead atoms. The molecule has 1 heterocycles. The predicted molar refractivity (Wildman–Crippen MR) is 91.0 cm³/mol. The largest absolute Gasteiger partial charge is 0.491 e. The minimum absolute atomic E-state index is 0.0930. The summed E-state index contributed by atoms with van der Waals surface area (Å²) in [6.45, 7) is 11.5. The van der Waals surface area contributed by atoms with Gasteiger partial charge in [-0.1, -0.05) is 12.1 Å². The van der Waals surface area contributed by atoms with Crippen LogP contribution in [0.5, 0.6) is 5.75 Å². The van der Waals surface area contributed by atoms with E-state index in [4.69, 9.17) is 9.15 Å². The lowest BCUT2D eigenvalue weighted by Crippen LogP contribution is -2.27. The second-order valence-electron chi connectivity index (χ2n) is 6.15. The van der Waals surface area contributed by atoms with Crippen molar-refractivity contribution >= 4 is 5.91 Å². The van der Waals surface area contributed by atoms with E-state index in [-0.39, 0.29) is 18.1 Å². The molecule has 0 aliphatic carbocycles. The van der Waals surface area contributed by atoms with Gasteiger partial charge < -0.3 is 14.5 Å². The van der Waals surface area contributed by atoms with E-state index < -0.39 is 0 Å². The molecule has 1 aromatic heterocycles. The Labute approximate surface area is 137 Å². The zero-order chi connectivity index (χ0) is 17.1. The zero-order valence-electron chi connectivity index (χ0n) is 14.7. The molecule has 124 valence electrons. The Kier molecular flexibility index (Phi) is 5.14. The summed E-state index contributed by atoms with van der Waals surface area (Å²) >= 11 is 0. The fourth-order valence-electron chi connectivity index (χ4n) is 2.59. The van der Waals surface area contributed by atoms with Crippen molar-refractivity contribution in [3.05, 3.63) is 52.5 Å². The Bertz CT molecular complexity index is 683. The quantitative estimate of drug-likeness (QED) is 0.885. The highest BCUT2D eigenvalue weighted by atomic mass is 16.5. The van der Waals surface area contributed by atoms with Gasteiger partial charge in [-0.25, -0.2) is 0 Å². The normalized spacial score (nSPS) is 12.3. The third kappa shape index (κ3) is 3.95. The summed E-state index contributed by atoms with van der Waals surface area (Å²) in [5, 5.41) is 3.03. The molecule has 1 atom stereocenters. The predicted octanol–water partition coefficient (Wildman–Crippen LogP) is 4.48. The number of benzene rings is 1. The maximum Gasteiger partial charge on any atom is 0.255 e. The number of rotatable bonds is 5. The Morgan fingerprint density at radius 3 is 2.13 bits per heavy atom. The first-order valence-corrected chi connectivity index (χ1v) is 7.93. The van der Waals surface area contributed by atoms with Crippen molar-refractivity contribution in [3.8, 4) is 5.75 Å². The SMILES string of the molecule is Cc1oc(C)c(C(=O)NC(C)c2ccc(OC(C)C)cc2)c1C. The van der Waals surface area contributed by atoms with Crippen LogP contribution < -0.4 is 10.1 Å². The number of hydrogen-bond donors (Lipinski definition) is 1. The van der Waals surface area contributed by atoms with E-state index in [2.05, 4.69) is 5.32 Å². The molecule has 0 aliphatic heterocycles. The summed E-state index contributed by atoms with van der Waals surface area (Å²) in [5.74, 6) is 2.17. The molecule has 0 saturated heterocycles. The van der Waals surface area contributed by atoms with Crippen molar-refractivity contribution in [2.45, 2.75) is 53.7 Å². The van der Waals surface area contributed by atoms with Crippen LogP contribution in [0.25, 0.3) is 0 Å². The van der Waals surface area contributed by atoms with Crippen LogP contribution in [0.1, 0.15) is 59.8 Å². The molecule has 1 N–H and O–H groups in total. The van der Waals surface area contributed by atoms with E-state index in [1.807, 2.05) is 65.8 Å². The van der Waals surface area contributed by atoms with Gasteiger partial charge in [-0.2, -0.15) is 0 Å². The van der Waals surface area contributed by atoms with Gasteiger partial charge in [-0.05, 0) is 59.2 Å². The minimum Gasteiger partial charge on any atom is -0.491 e. The standard InChI is InChI=1S/C19H25NO3/c1-11(2)22-17-9-7-16(8-10-17)13(4)20-19(21)18-12(3)14(5)23-15(18)6/h7-11,13H,1-6H3,(H,20,21). The third-order valence-electron chi connectivity index (χ3n) is 3.89. The minimum atomic E-state index is -0.105. The van der Waals surface area contributed by atoms with Crippen LogP contribution in [0.4, 0.5) is 0 Å². The molecule has 0 fully saturated rings. The first-order valence-electron chi connectivity index (χ1n) is 7.93. The first kappa shape index (κ1) is 17.1. The van der Waals surface area contributed by atoms with Gasteiger partial charge in [0.05, 0.1) is 17.7 Å². The Hall–Kier alpha value is -2.23. The number of ether oxygens (including phenoxy) is 1. The number of hydrogen-bond acceptors (Lipinski definition) is 3. The molecule has 0 aliphatic rings. The second-order valence-corrected chi connectivity index (χ2v) is 6.15. The van der Waals surface area contributed by atoms with Gasteiger partial charge in [0.1, 0.15) is 17.3 Å². The summed E-state index contributed by atoms with van der Waals surface area (Å²) in [6, 6.07) is 7.71. The molecule has 1 aromatic carbocycles. The van der Waals surface area contributed by atoms with Gasteiger partial charge in [0, 0.05) is 5.56 Å². The summed E-state index contributed by atoms with van der Waals surface area (Å²) < 4.78 is 11.2. The fraction of sp³-hybridized carbons (Fsp3) is 0.421. The number of aryl methyl sites for hydroxylation is 2. The number of amides is 1. The molecule has 2 rings (SSSR count). The second kappa shape index (κ2) is 6.90. The van der Waals surface area contributed by atoms with E-state index in [9.17, 15) is 4.79 Å². The summed E-state index contributed by atoms with van der Waals surface area (Å²) in [5.41, 5.74) is 2.56. The van der Waals surface area contributed by atoms with Crippen LogP contribution in [-0.4, -0.2) is 12.0 Å². The maximum absolute atomic E-state index is 12.5. The molecule has 2 aromatic rings. The van der Waals surface area contributed by atoms with Gasteiger partial charge in [0.25, 0.3) is 5.91 Å². The van der Waals surface area contributed by atoms with E-state index in [0.717, 1.165) is 22.6 Å². The lowest BCUT2D eigenvalue weighted by molar-refractivity contribution is 0.0938. The smallest absolute Gasteiger partial charge is 0.255 e. The number of carbonyl (C=O) groups excluding carboxylic acids is 1. The van der Waals surface area contributed by atoms with Crippen LogP contribution >= 0.6 is 0 Å². The van der Waals surface area contributed by atoms with Crippen molar-refractivity contribution < 1.29 is 13.9 Å².